The van der Waals surface area contributed by atoms with Crippen molar-refractivity contribution >= 4 is 27.5 Å². The van der Waals surface area contributed by atoms with Gasteiger partial charge in [0.05, 0.1) is 17.7 Å². The van der Waals surface area contributed by atoms with Crippen molar-refractivity contribution in [2.45, 2.75) is 71.0 Å². The molecule has 0 fully saturated rings. The van der Waals surface area contributed by atoms with Crippen molar-refractivity contribution in [1.29, 1.82) is 0 Å². The van der Waals surface area contributed by atoms with Crippen molar-refractivity contribution in [3.63, 3.8) is 0 Å². The highest BCUT2D eigenvalue weighted by Crippen LogP contribution is 2.28. The Labute approximate surface area is 244 Å². The summed E-state index contributed by atoms with van der Waals surface area (Å²) in [5.74, 6) is -0.125. The first-order valence-corrected chi connectivity index (χ1v) is 15.1. The maximum absolute atomic E-state index is 14.2. The Kier molecular flexibility index (Phi) is 10.2. The number of rotatable bonds is 11. The number of amides is 2. The molecule has 1 atom stereocenters. The van der Waals surface area contributed by atoms with E-state index in [4.69, 9.17) is 4.74 Å². The average Bonchev–Trinajstić information content (AvgIpc) is 2.91. The lowest BCUT2D eigenvalue weighted by atomic mass is 10.1. The van der Waals surface area contributed by atoms with Gasteiger partial charge in [0.2, 0.25) is 11.8 Å². The van der Waals surface area contributed by atoms with Crippen molar-refractivity contribution in [2.75, 3.05) is 18.0 Å². The average molecular weight is 580 g/mol. The number of para-hydroxylation sites is 1. The summed E-state index contributed by atoms with van der Waals surface area (Å²) < 4.78 is 34.4. The van der Waals surface area contributed by atoms with Gasteiger partial charge in [-0.05, 0) is 82.5 Å². The van der Waals surface area contributed by atoms with Gasteiger partial charge in [-0.2, -0.15) is 0 Å². The van der Waals surface area contributed by atoms with Gasteiger partial charge >= 0.3 is 0 Å². The third-order valence-electron chi connectivity index (χ3n) is 6.67. The molecule has 0 bridgehead atoms. The first kappa shape index (κ1) is 31.7. The smallest absolute Gasteiger partial charge is 0.264 e. The Morgan fingerprint density at radius 3 is 2.07 bits per heavy atom. The van der Waals surface area contributed by atoms with Gasteiger partial charge in [-0.3, -0.25) is 13.9 Å². The molecular formula is C32H41N3O5S. The number of ether oxygens (including phenoxy) is 1. The molecule has 3 aromatic rings. The molecule has 3 rings (SSSR count). The fraction of sp³-hybridized carbons (Fsp3) is 0.375. The van der Waals surface area contributed by atoms with Crippen LogP contribution in [0.1, 0.15) is 50.8 Å². The van der Waals surface area contributed by atoms with Gasteiger partial charge in [0.1, 0.15) is 18.3 Å². The van der Waals surface area contributed by atoms with E-state index in [0.29, 0.717) is 23.4 Å². The van der Waals surface area contributed by atoms with Crippen LogP contribution in [0.4, 0.5) is 5.69 Å². The molecule has 0 heterocycles. The highest BCUT2D eigenvalue weighted by atomic mass is 32.2. The largest absolute Gasteiger partial charge is 0.497 e. The number of hydrogen-bond acceptors (Lipinski definition) is 5. The summed E-state index contributed by atoms with van der Waals surface area (Å²) >= 11 is 0. The van der Waals surface area contributed by atoms with Crippen LogP contribution in [0.2, 0.25) is 0 Å². The van der Waals surface area contributed by atoms with Crippen molar-refractivity contribution in [2.24, 2.45) is 0 Å². The van der Waals surface area contributed by atoms with Gasteiger partial charge in [0.25, 0.3) is 10.0 Å². The SMILES string of the molecule is CC[C@H](C(=O)NC(C)(C)C)N(Cc1ccc(OC)cc1)C(=O)CN(c1ccccc1C)S(=O)(=O)c1ccc(C)cc1. The standard InChI is InChI=1S/C32H41N3O5S/c1-8-28(31(37)33-32(4,5)6)34(21-25-15-17-26(40-7)18-16-25)30(36)22-35(29-12-10-9-11-24(29)3)41(38,39)27-19-13-23(2)14-20-27/h9-20,28H,8,21-22H2,1-7H3,(H,33,37)/t28-/m1/s1. The summed E-state index contributed by atoms with van der Waals surface area (Å²) in [6, 6.07) is 20.0. The minimum Gasteiger partial charge on any atom is -0.497 e. The Bertz CT molecular complexity index is 1450. The van der Waals surface area contributed by atoms with E-state index >= 15 is 0 Å². The lowest BCUT2D eigenvalue weighted by Gasteiger charge is -2.35. The van der Waals surface area contributed by atoms with Crippen LogP contribution < -0.4 is 14.4 Å². The zero-order valence-electron chi connectivity index (χ0n) is 25.0. The highest BCUT2D eigenvalue weighted by Gasteiger charge is 2.35. The second kappa shape index (κ2) is 13.2. The lowest BCUT2D eigenvalue weighted by molar-refractivity contribution is -0.141. The number of aryl methyl sites for hydroxylation is 2. The number of sulfonamides is 1. The van der Waals surface area contributed by atoms with Crippen LogP contribution in [0.3, 0.4) is 0 Å². The molecule has 0 unspecified atom stereocenters. The van der Waals surface area contributed by atoms with Crippen molar-refractivity contribution < 1.29 is 22.7 Å². The van der Waals surface area contributed by atoms with E-state index in [-0.39, 0.29) is 17.3 Å². The topological polar surface area (TPSA) is 96.0 Å². The summed E-state index contributed by atoms with van der Waals surface area (Å²) in [4.78, 5) is 29.2. The van der Waals surface area contributed by atoms with Gasteiger partial charge in [-0.15, -0.1) is 0 Å². The fourth-order valence-corrected chi connectivity index (χ4v) is 5.97. The minimum absolute atomic E-state index is 0.0818. The summed E-state index contributed by atoms with van der Waals surface area (Å²) in [6.07, 6.45) is 0.346. The maximum atomic E-state index is 14.2. The quantitative estimate of drug-likeness (QED) is 0.336. The van der Waals surface area contributed by atoms with Crippen LogP contribution >= 0.6 is 0 Å². The van der Waals surface area contributed by atoms with Gasteiger partial charge in [-0.1, -0.05) is 55.0 Å². The third-order valence-corrected chi connectivity index (χ3v) is 8.44. The van der Waals surface area contributed by atoms with Gasteiger partial charge in [0.15, 0.2) is 0 Å². The maximum Gasteiger partial charge on any atom is 0.264 e. The molecule has 220 valence electrons. The van der Waals surface area contributed by atoms with E-state index in [1.165, 1.54) is 4.90 Å². The molecule has 0 aliphatic carbocycles. The minimum atomic E-state index is -4.12. The Morgan fingerprint density at radius 1 is 0.927 bits per heavy atom. The molecule has 3 aromatic carbocycles. The lowest BCUT2D eigenvalue weighted by Crippen LogP contribution is -2.55. The number of carbonyl (C=O) groups excluding carboxylic acids is 2. The van der Waals surface area contributed by atoms with Crippen LogP contribution in [0.15, 0.2) is 77.7 Å². The Morgan fingerprint density at radius 2 is 1.54 bits per heavy atom. The number of nitrogens with one attached hydrogen (secondary N) is 1. The molecule has 0 saturated heterocycles. The normalized spacial score (nSPS) is 12.4. The van der Waals surface area contributed by atoms with E-state index in [1.807, 2.05) is 52.8 Å². The Balaban J connectivity index is 2.08. The summed E-state index contributed by atoms with van der Waals surface area (Å²) in [5.41, 5.74) is 2.29. The predicted octanol–water partition coefficient (Wildman–Crippen LogP) is 5.23. The molecule has 0 spiro atoms. The van der Waals surface area contributed by atoms with Crippen molar-refractivity contribution in [1.82, 2.24) is 10.2 Å². The molecule has 0 aliphatic heterocycles. The third kappa shape index (κ3) is 8.10. The fourth-order valence-electron chi connectivity index (χ4n) is 4.49. The van der Waals surface area contributed by atoms with E-state index in [0.717, 1.165) is 15.4 Å². The molecule has 0 saturated carbocycles. The monoisotopic (exact) mass is 579 g/mol. The zero-order chi connectivity index (χ0) is 30.4. The van der Waals surface area contributed by atoms with Crippen molar-refractivity contribution in [3.05, 3.63) is 89.5 Å². The number of nitrogens with zero attached hydrogens (tertiary/aromatic N) is 2. The predicted molar refractivity (Wildman–Crippen MR) is 162 cm³/mol. The number of methoxy groups -OCH3 is 1. The second-order valence-corrected chi connectivity index (χ2v) is 13.0. The molecular weight excluding hydrogens is 538 g/mol. The summed E-state index contributed by atoms with van der Waals surface area (Å²) in [6.45, 7) is 10.8. The van der Waals surface area contributed by atoms with E-state index in [1.54, 1.807) is 68.6 Å². The van der Waals surface area contributed by atoms with E-state index < -0.39 is 34.1 Å². The van der Waals surface area contributed by atoms with E-state index in [2.05, 4.69) is 5.32 Å². The van der Waals surface area contributed by atoms with Gasteiger partial charge in [0, 0.05) is 12.1 Å². The number of hydrogen-bond donors (Lipinski definition) is 1. The van der Waals surface area contributed by atoms with Gasteiger partial charge < -0.3 is 15.0 Å². The number of anilines is 1. The molecule has 8 nitrogen and oxygen atoms in total. The van der Waals surface area contributed by atoms with Crippen molar-refractivity contribution in [3.8, 4) is 5.75 Å². The van der Waals surface area contributed by atoms with Crippen LogP contribution in [0.25, 0.3) is 0 Å². The molecule has 41 heavy (non-hydrogen) atoms. The van der Waals surface area contributed by atoms with Gasteiger partial charge in [-0.25, -0.2) is 8.42 Å². The van der Waals surface area contributed by atoms with Crippen LogP contribution in [-0.2, 0) is 26.2 Å². The first-order chi connectivity index (χ1) is 19.3. The van der Waals surface area contributed by atoms with Crippen LogP contribution in [-0.4, -0.2) is 50.4 Å². The highest BCUT2D eigenvalue weighted by molar-refractivity contribution is 7.92. The zero-order valence-corrected chi connectivity index (χ0v) is 25.8. The van der Waals surface area contributed by atoms with Crippen LogP contribution in [0.5, 0.6) is 5.75 Å². The molecule has 1 N–H and O–H groups in total. The van der Waals surface area contributed by atoms with E-state index in [9.17, 15) is 18.0 Å². The molecule has 0 radical (unpaired) electrons. The Hall–Kier alpha value is -3.85. The molecule has 0 aliphatic rings. The first-order valence-electron chi connectivity index (χ1n) is 13.7. The summed E-state index contributed by atoms with van der Waals surface area (Å²) in [5, 5.41) is 2.98. The summed E-state index contributed by atoms with van der Waals surface area (Å²) in [7, 11) is -2.54. The molecule has 9 heteroatoms. The van der Waals surface area contributed by atoms with Crippen LogP contribution in [0, 0.1) is 13.8 Å². The number of benzene rings is 3. The molecule has 0 aromatic heterocycles. The number of carbonyl (C=O) groups is 2. The second-order valence-electron chi connectivity index (χ2n) is 11.1. The molecule has 2 amide bonds.